The second-order valence-electron chi connectivity index (χ2n) is 6.08. The fraction of sp³-hybridized carbons (Fsp3) is 0.471. The van der Waals surface area contributed by atoms with E-state index in [1.165, 1.54) is 28.5 Å². The van der Waals surface area contributed by atoms with Crippen molar-refractivity contribution in [3.05, 3.63) is 35.5 Å². The molecule has 3 rings (SSSR count). The number of aromatic amines is 1. The van der Waals surface area contributed by atoms with Crippen molar-refractivity contribution < 1.29 is 0 Å². The average molecular weight is 284 g/mol. The fourth-order valence-electron chi connectivity index (χ4n) is 2.72. The van der Waals surface area contributed by atoms with Crippen LogP contribution in [0.15, 0.2) is 29.4 Å². The van der Waals surface area contributed by atoms with Crippen molar-refractivity contribution >= 4 is 16.9 Å². The molecule has 4 nitrogen and oxygen atoms in total. The molecule has 0 aliphatic heterocycles. The van der Waals surface area contributed by atoms with Crippen LogP contribution in [0.2, 0.25) is 0 Å². The lowest BCUT2D eigenvalue weighted by molar-refractivity contribution is 0.759. The Morgan fingerprint density at radius 2 is 2.24 bits per heavy atom. The first-order valence-corrected chi connectivity index (χ1v) is 7.71. The van der Waals surface area contributed by atoms with Crippen molar-refractivity contribution in [1.82, 2.24) is 15.6 Å². The van der Waals surface area contributed by atoms with Gasteiger partial charge in [0.2, 0.25) is 0 Å². The van der Waals surface area contributed by atoms with Crippen LogP contribution >= 0.6 is 0 Å². The second-order valence-corrected chi connectivity index (χ2v) is 6.08. The SMILES string of the molecule is CN=C(NCCc1c[nH]c2cc(C)ccc12)NC1CC1C. The number of hydrogen-bond donors (Lipinski definition) is 3. The number of aryl methyl sites for hydroxylation is 1. The van der Waals surface area contributed by atoms with Gasteiger partial charge in [0, 0.05) is 36.7 Å². The molecular formula is C17H24N4. The third kappa shape index (κ3) is 3.20. The predicted molar refractivity (Wildman–Crippen MR) is 88.8 cm³/mol. The van der Waals surface area contributed by atoms with E-state index in [0.29, 0.717) is 6.04 Å². The summed E-state index contributed by atoms with van der Waals surface area (Å²) >= 11 is 0. The zero-order chi connectivity index (χ0) is 14.8. The van der Waals surface area contributed by atoms with Crippen LogP contribution in [0.5, 0.6) is 0 Å². The molecule has 1 fully saturated rings. The molecule has 2 unspecified atom stereocenters. The third-order valence-electron chi connectivity index (χ3n) is 4.26. The zero-order valence-electron chi connectivity index (χ0n) is 13.0. The number of fused-ring (bicyclic) bond motifs is 1. The molecule has 21 heavy (non-hydrogen) atoms. The van der Waals surface area contributed by atoms with E-state index in [1.54, 1.807) is 0 Å². The van der Waals surface area contributed by atoms with E-state index in [0.717, 1.165) is 24.8 Å². The minimum Gasteiger partial charge on any atom is -0.361 e. The van der Waals surface area contributed by atoms with Crippen LogP contribution in [-0.2, 0) is 6.42 Å². The van der Waals surface area contributed by atoms with Gasteiger partial charge in [0.1, 0.15) is 0 Å². The van der Waals surface area contributed by atoms with Gasteiger partial charge in [0.25, 0.3) is 0 Å². The van der Waals surface area contributed by atoms with E-state index in [9.17, 15) is 0 Å². The molecule has 0 radical (unpaired) electrons. The molecule has 1 aliphatic carbocycles. The van der Waals surface area contributed by atoms with Crippen LogP contribution in [0.4, 0.5) is 0 Å². The number of rotatable bonds is 4. The Morgan fingerprint density at radius 1 is 1.43 bits per heavy atom. The Balaban J connectivity index is 1.56. The van der Waals surface area contributed by atoms with Crippen LogP contribution in [-0.4, -0.2) is 30.6 Å². The maximum atomic E-state index is 4.28. The van der Waals surface area contributed by atoms with Crippen LogP contribution < -0.4 is 10.6 Å². The highest BCUT2D eigenvalue weighted by Gasteiger charge is 2.33. The molecule has 1 aromatic heterocycles. The van der Waals surface area contributed by atoms with Gasteiger partial charge in [-0.3, -0.25) is 4.99 Å². The first kappa shape index (κ1) is 14.0. The number of aliphatic imine (C=N–C) groups is 1. The molecule has 112 valence electrons. The maximum Gasteiger partial charge on any atom is 0.191 e. The van der Waals surface area contributed by atoms with E-state index >= 15 is 0 Å². The highest BCUT2D eigenvalue weighted by molar-refractivity contribution is 5.84. The van der Waals surface area contributed by atoms with Gasteiger partial charge in [-0.25, -0.2) is 0 Å². The van der Waals surface area contributed by atoms with Crippen LogP contribution in [0.3, 0.4) is 0 Å². The lowest BCUT2D eigenvalue weighted by Crippen LogP contribution is -2.39. The molecule has 3 N–H and O–H groups in total. The lowest BCUT2D eigenvalue weighted by atomic mass is 10.1. The van der Waals surface area contributed by atoms with Crippen molar-refractivity contribution in [2.45, 2.75) is 32.7 Å². The minimum atomic E-state index is 0.604. The van der Waals surface area contributed by atoms with Crippen molar-refractivity contribution in [2.24, 2.45) is 10.9 Å². The van der Waals surface area contributed by atoms with Gasteiger partial charge >= 0.3 is 0 Å². The summed E-state index contributed by atoms with van der Waals surface area (Å²) in [6, 6.07) is 7.17. The van der Waals surface area contributed by atoms with Crippen molar-refractivity contribution in [3.63, 3.8) is 0 Å². The minimum absolute atomic E-state index is 0.604. The Morgan fingerprint density at radius 3 is 2.95 bits per heavy atom. The molecule has 1 saturated carbocycles. The quantitative estimate of drug-likeness (QED) is 0.597. The van der Waals surface area contributed by atoms with Gasteiger partial charge in [-0.1, -0.05) is 19.1 Å². The van der Waals surface area contributed by atoms with E-state index in [2.05, 4.69) is 58.9 Å². The average Bonchev–Trinajstić information content (AvgIpc) is 3.02. The van der Waals surface area contributed by atoms with Crippen molar-refractivity contribution in [2.75, 3.05) is 13.6 Å². The molecule has 0 amide bonds. The van der Waals surface area contributed by atoms with Gasteiger partial charge in [0.05, 0.1) is 0 Å². The van der Waals surface area contributed by atoms with Gasteiger partial charge < -0.3 is 15.6 Å². The Hall–Kier alpha value is -1.97. The summed E-state index contributed by atoms with van der Waals surface area (Å²) in [4.78, 5) is 7.64. The third-order valence-corrected chi connectivity index (χ3v) is 4.26. The van der Waals surface area contributed by atoms with E-state index in [4.69, 9.17) is 0 Å². The number of aromatic nitrogens is 1. The van der Waals surface area contributed by atoms with Gasteiger partial charge in [-0.2, -0.15) is 0 Å². The Labute approximate surface area is 126 Å². The largest absolute Gasteiger partial charge is 0.361 e. The van der Waals surface area contributed by atoms with E-state index in [1.807, 2.05) is 7.05 Å². The zero-order valence-corrected chi connectivity index (χ0v) is 13.0. The summed E-state index contributed by atoms with van der Waals surface area (Å²) < 4.78 is 0. The van der Waals surface area contributed by atoms with Crippen molar-refractivity contribution in [3.8, 4) is 0 Å². The lowest BCUT2D eigenvalue weighted by Gasteiger charge is -2.11. The fourth-order valence-corrected chi connectivity index (χ4v) is 2.72. The van der Waals surface area contributed by atoms with E-state index < -0.39 is 0 Å². The van der Waals surface area contributed by atoms with E-state index in [-0.39, 0.29) is 0 Å². The number of hydrogen-bond acceptors (Lipinski definition) is 1. The number of H-pyrrole nitrogens is 1. The smallest absolute Gasteiger partial charge is 0.191 e. The molecule has 2 atom stereocenters. The summed E-state index contributed by atoms with van der Waals surface area (Å²) in [6.07, 6.45) is 4.36. The topological polar surface area (TPSA) is 52.2 Å². The van der Waals surface area contributed by atoms with Crippen LogP contribution in [0.25, 0.3) is 10.9 Å². The summed E-state index contributed by atoms with van der Waals surface area (Å²) in [5.41, 5.74) is 3.87. The number of benzene rings is 1. The summed E-state index contributed by atoms with van der Waals surface area (Å²) in [5.74, 6) is 1.69. The molecule has 4 heteroatoms. The number of nitrogens with zero attached hydrogens (tertiary/aromatic N) is 1. The summed E-state index contributed by atoms with van der Waals surface area (Å²) in [7, 11) is 1.83. The standard InChI is InChI=1S/C17H24N4/c1-11-4-5-14-13(10-20-16(14)8-11)6-7-19-17(18-3)21-15-9-12(15)2/h4-5,8,10,12,15,20H,6-7,9H2,1-3H3,(H2,18,19,21). The first-order chi connectivity index (χ1) is 10.2. The molecule has 2 aromatic rings. The second kappa shape index (κ2) is 5.80. The molecule has 1 heterocycles. The molecule has 1 aliphatic rings. The van der Waals surface area contributed by atoms with Crippen LogP contribution in [0, 0.1) is 12.8 Å². The van der Waals surface area contributed by atoms with Crippen LogP contribution in [0.1, 0.15) is 24.5 Å². The summed E-state index contributed by atoms with van der Waals surface area (Å²) in [5, 5.41) is 8.17. The highest BCUT2D eigenvalue weighted by Crippen LogP contribution is 2.28. The molecule has 0 bridgehead atoms. The monoisotopic (exact) mass is 284 g/mol. The highest BCUT2D eigenvalue weighted by atomic mass is 15.2. The molecule has 1 aromatic carbocycles. The van der Waals surface area contributed by atoms with Gasteiger partial charge in [-0.05, 0) is 42.9 Å². The maximum absolute atomic E-state index is 4.28. The molecular weight excluding hydrogens is 260 g/mol. The normalized spacial score (nSPS) is 21.6. The Bertz CT molecular complexity index is 656. The molecule has 0 spiro atoms. The van der Waals surface area contributed by atoms with Gasteiger partial charge in [0.15, 0.2) is 5.96 Å². The Kier molecular flexibility index (Phi) is 3.86. The summed E-state index contributed by atoms with van der Waals surface area (Å²) in [6.45, 7) is 5.27. The first-order valence-electron chi connectivity index (χ1n) is 7.71. The predicted octanol–water partition coefficient (Wildman–Crippen LogP) is 2.59. The van der Waals surface area contributed by atoms with Crippen molar-refractivity contribution in [1.29, 1.82) is 0 Å². The van der Waals surface area contributed by atoms with Gasteiger partial charge in [-0.15, -0.1) is 0 Å². The number of nitrogens with one attached hydrogen (secondary N) is 3. The molecule has 0 saturated heterocycles. The number of guanidine groups is 1.